The van der Waals surface area contributed by atoms with Crippen LogP contribution in [0.1, 0.15) is 62.5 Å². The Balaban J connectivity index is 2.83. The summed E-state index contributed by atoms with van der Waals surface area (Å²) in [5.41, 5.74) is -0.733. The van der Waals surface area contributed by atoms with Gasteiger partial charge in [-0.25, -0.2) is 18.6 Å². The SMILES string of the molecule is CCCN(CC(F)F)C(=O)c1cc(C(C)C)nc2c1c(=O)[nH]c(=O)n2CCC. The fraction of sp³-hybridized carbons (Fsp3) is 0.579. The summed E-state index contributed by atoms with van der Waals surface area (Å²) in [5, 5.41) is -0.0437. The molecule has 2 heterocycles. The maximum absolute atomic E-state index is 13.1. The molecule has 0 spiro atoms. The molecule has 0 saturated carbocycles. The number of pyridine rings is 1. The average Bonchev–Trinajstić information content (AvgIpc) is 2.62. The minimum absolute atomic E-state index is 0.00565. The summed E-state index contributed by atoms with van der Waals surface area (Å²) in [6.07, 6.45) is -1.58. The number of fused-ring (bicyclic) bond motifs is 1. The molecule has 2 aromatic rings. The molecule has 2 aromatic heterocycles. The van der Waals surface area contributed by atoms with Crippen LogP contribution in [0, 0.1) is 0 Å². The lowest BCUT2D eigenvalue weighted by Crippen LogP contribution is -2.38. The Morgan fingerprint density at radius 2 is 1.93 bits per heavy atom. The van der Waals surface area contributed by atoms with Gasteiger partial charge in [0.05, 0.1) is 17.5 Å². The van der Waals surface area contributed by atoms with Gasteiger partial charge in [-0.05, 0) is 24.8 Å². The van der Waals surface area contributed by atoms with Crippen LogP contribution in [-0.4, -0.2) is 44.9 Å². The van der Waals surface area contributed by atoms with Gasteiger partial charge in [-0.15, -0.1) is 0 Å². The number of rotatable bonds is 8. The molecule has 7 nitrogen and oxygen atoms in total. The highest BCUT2D eigenvalue weighted by molar-refractivity contribution is 6.05. The molecule has 0 saturated heterocycles. The van der Waals surface area contributed by atoms with Crippen LogP contribution in [0.25, 0.3) is 11.0 Å². The maximum Gasteiger partial charge on any atom is 0.329 e. The first-order valence-electron chi connectivity index (χ1n) is 9.46. The number of hydrogen-bond acceptors (Lipinski definition) is 4. The van der Waals surface area contributed by atoms with Crippen LogP contribution in [0.5, 0.6) is 0 Å². The van der Waals surface area contributed by atoms with E-state index in [2.05, 4.69) is 9.97 Å². The van der Waals surface area contributed by atoms with Crippen molar-refractivity contribution in [2.75, 3.05) is 13.1 Å². The monoisotopic (exact) mass is 396 g/mol. The second-order valence-corrected chi connectivity index (χ2v) is 7.00. The fourth-order valence-electron chi connectivity index (χ4n) is 3.07. The van der Waals surface area contributed by atoms with Crippen molar-refractivity contribution in [1.29, 1.82) is 0 Å². The van der Waals surface area contributed by atoms with E-state index in [-0.39, 0.29) is 29.1 Å². The summed E-state index contributed by atoms with van der Waals surface area (Å²) in [4.78, 5) is 45.6. The first-order chi connectivity index (χ1) is 13.2. The second-order valence-electron chi connectivity index (χ2n) is 7.00. The predicted molar refractivity (Wildman–Crippen MR) is 103 cm³/mol. The van der Waals surface area contributed by atoms with Crippen molar-refractivity contribution in [3.8, 4) is 0 Å². The zero-order valence-corrected chi connectivity index (χ0v) is 16.6. The van der Waals surface area contributed by atoms with Crippen LogP contribution >= 0.6 is 0 Å². The van der Waals surface area contributed by atoms with Crippen LogP contribution in [0.15, 0.2) is 15.7 Å². The lowest BCUT2D eigenvalue weighted by molar-refractivity contribution is 0.0556. The molecule has 1 N–H and O–H groups in total. The van der Waals surface area contributed by atoms with Crippen LogP contribution in [0.3, 0.4) is 0 Å². The van der Waals surface area contributed by atoms with E-state index in [1.54, 1.807) is 6.92 Å². The van der Waals surface area contributed by atoms with Gasteiger partial charge < -0.3 is 4.90 Å². The number of halogens is 2. The topological polar surface area (TPSA) is 88.1 Å². The van der Waals surface area contributed by atoms with Crippen LogP contribution in [0.4, 0.5) is 8.78 Å². The van der Waals surface area contributed by atoms with Crippen molar-refractivity contribution in [2.24, 2.45) is 0 Å². The number of aromatic amines is 1. The van der Waals surface area contributed by atoms with Gasteiger partial charge >= 0.3 is 5.69 Å². The van der Waals surface area contributed by atoms with Crippen molar-refractivity contribution in [3.63, 3.8) is 0 Å². The number of nitrogens with one attached hydrogen (secondary N) is 1. The first kappa shape index (κ1) is 21.7. The number of alkyl halides is 2. The molecule has 0 aliphatic heterocycles. The highest BCUT2D eigenvalue weighted by Crippen LogP contribution is 2.21. The summed E-state index contributed by atoms with van der Waals surface area (Å²) in [7, 11) is 0. The van der Waals surface area contributed by atoms with Crippen LogP contribution in [0.2, 0.25) is 0 Å². The predicted octanol–water partition coefficient (Wildman–Crippen LogP) is 2.74. The van der Waals surface area contributed by atoms with E-state index < -0.39 is 30.1 Å². The van der Waals surface area contributed by atoms with E-state index in [9.17, 15) is 23.2 Å². The van der Waals surface area contributed by atoms with Gasteiger partial charge in [0.25, 0.3) is 17.9 Å². The number of hydrogen-bond donors (Lipinski definition) is 1. The van der Waals surface area contributed by atoms with Crippen molar-refractivity contribution in [2.45, 2.75) is 59.4 Å². The lowest BCUT2D eigenvalue weighted by Gasteiger charge is -2.23. The zero-order chi connectivity index (χ0) is 21.0. The highest BCUT2D eigenvalue weighted by Gasteiger charge is 2.25. The molecule has 0 aliphatic carbocycles. The Hall–Kier alpha value is -2.58. The molecule has 0 bridgehead atoms. The number of carbonyl (C=O) groups excluding carboxylic acids is 1. The Bertz CT molecular complexity index is 966. The van der Waals surface area contributed by atoms with E-state index >= 15 is 0 Å². The third kappa shape index (κ3) is 4.45. The van der Waals surface area contributed by atoms with Crippen molar-refractivity contribution in [3.05, 3.63) is 38.2 Å². The summed E-state index contributed by atoms with van der Waals surface area (Å²) in [6, 6.07) is 1.47. The van der Waals surface area contributed by atoms with Gasteiger partial charge in [0.15, 0.2) is 5.65 Å². The summed E-state index contributed by atoms with van der Waals surface area (Å²) >= 11 is 0. The fourth-order valence-corrected chi connectivity index (χ4v) is 3.07. The molecule has 0 fully saturated rings. The molecule has 0 aromatic carbocycles. The van der Waals surface area contributed by atoms with E-state index in [4.69, 9.17) is 0 Å². The molecular weight excluding hydrogens is 370 g/mol. The van der Waals surface area contributed by atoms with Crippen LogP contribution in [-0.2, 0) is 6.54 Å². The highest BCUT2D eigenvalue weighted by atomic mass is 19.3. The van der Waals surface area contributed by atoms with Crippen molar-refractivity contribution >= 4 is 16.9 Å². The van der Waals surface area contributed by atoms with E-state index in [1.165, 1.54) is 10.6 Å². The number of aromatic nitrogens is 3. The van der Waals surface area contributed by atoms with E-state index in [0.29, 0.717) is 25.1 Å². The largest absolute Gasteiger partial charge is 0.333 e. The third-order valence-electron chi connectivity index (χ3n) is 4.38. The molecule has 154 valence electrons. The number of nitrogens with zero attached hydrogens (tertiary/aromatic N) is 3. The van der Waals surface area contributed by atoms with Gasteiger partial charge in [0, 0.05) is 18.8 Å². The van der Waals surface area contributed by atoms with Crippen molar-refractivity contribution in [1.82, 2.24) is 19.4 Å². The molecule has 0 radical (unpaired) electrons. The zero-order valence-electron chi connectivity index (χ0n) is 16.6. The van der Waals surface area contributed by atoms with Gasteiger partial charge in [0.1, 0.15) is 0 Å². The molecule has 0 unspecified atom stereocenters. The molecule has 0 aliphatic rings. The molecule has 0 atom stereocenters. The summed E-state index contributed by atoms with van der Waals surface area (Å²) < 4.78 is 27.3. The molecular formula is C19H26F2N4O3. The minimum atomic E-state index is -2.69. The molecule has 1 amide bonds. The number of amides is 1. The Labute approximate surface area is 161 Å². The van der Waals surface area contributed by atoms with Gasteiger partial charge in [-0.2, -0.15) is 0 Å². The Morgan fingerprint density at radius 1 is 1.25 bits per heavy atom. The normalized spacial score (nSPS) is 11.6. The quantitative estimate of drug-likeness (QED) is 0.743. The minimum Gasteiger partial charge on any atom is -0.333 e. The number of carbonyl (C=O) groups is 1. The summed E-state index contributed by atoms with van der Waals surface area (Å²) in [6.45, 7) is 7.09. The van der Waals surface area contributed by atoms with Gasteiger partial charge in [-0.1, -0.05) is 27.7 Å². The standard InChI is InChI=1S/C19H26F2N4O3/c1-5-7-24(10-14(20)21)18(27)12-9-13(11(3)4)22-16-15(12)17(26)23-19(28)25(16)8-6-2/h9,11,14H,5-8,10H2,1-4H3,(H,23,26,28). The molecule has 9 heteroatoms. The second kappa shape index (κ2) is 9.07. The maximum atomic E-state index is 13.1. The Kier molecular flexibility index (Phi) is 7.04. The van der Waals surface area contributed by atoms with E-state index in [1.807, 2.05) is 20.8 Å². The van der Waals surface area contributed by atoms with Crippen LogP contribution < -0.4 is 11.2 Å². The smallest absolute Gasteiger partial charge is 0.329 e. The number of H-pyrrole nitrogens is 1. The molecule has 2 rings (SSSR count). The van der Waals surface area contributed by atoms with Gasteiger partial charge in [0.2, 0.25) is 0 Å². The Morgan fingerprint density at radius 3 is 2.46 bits per heavy atom. The van der Waals surface area contributed by atoms with Crippen molar-refractivity contribution < 1.29 is 13.6 Å². The van der Waals surface area contributed by atoms with Gasteiger partial charge in [-0.3, -0.25) is 19.1 Å². The first-order valence-corrected chi connectivity index (χ1v) is 9.46. The van der Waals surface area contributed by atoms with E-state index in [0.717, 1.165) is 4.90 Å². The third-order valence-corrected chi connectivity index (χ3v) is 4.38. The number of aryl methyl sites for hydroxylation is 1. The summed E-state index contributed by atoms with van der Waals surface area (Å²) in [5.74, 6) is -0.751. The lowest BCUT2D eigenvalue weighted by atomic mass is 10.0. The average molecular weight is 396 g/mol. The molecule has 28 heavy (non-hydrogen) atoms.